The van der Waals surface area contributed by atoms with Crippen molar-refractivity contribution in [2.75, 3.05) is 0 Å². The van der Waals surface area contributed by atoms with Crippen molar-refractivity contribution in [1.82, 2.24) is 20.7 Å². The first-order chi connectivity index (χ1) is 8.69. The van der Waals surface area contributed by atoms with Crippen LogP contribution in [0.3, 0.4) is 0 Å². The average Bonchev–Trinajstić information content (AvgIpc) is 2.93. The Hall–Kier alpha value is -1.90. The molecule has 1 fully saturated rings. The fraction of sp³-hybridized carbons (Fsp3) is 0.667. The minimum absolute atomic E-state index is 0.224. The minimum Gasteiger partial charge on any atom is -0.332 e. The monoisotopic (exact) mass is 247 g/mol. The third-order valence-electron chi connectivity index (χ3n) is 3.75. The molecular formula is C12H17N5O. The first-order valence-electron chi connectivity index (χ1n) is 6.28. The molecule has 2 rings (SSSR count). The molecule has 0 spiro atoms. The van der Waals surface area contributed by atoms with E-state index in [0.717, 1.165) is 19.3 Å². The van der Waals surface area contributed by atoms with E-state index in [2.05, 4.69) is 33.7 Å². The molecule has 1 aromatic heterocycles. The van der Waals surface area contributed by atoms with E-state index >= 15 is 0 Å². The Morgan fingerprint density at radius 1 is 1.67 bits per heavy atom. The number of carbonyl (C=O) groups excluding carboxylic acids is 1. The Labute approximate surface area is 106 Å². The zero-order valence-corrected chi connectivity index (χ0v) is 10.4. The molecule has 1 aromatic rings. The molecule has 0 aromatic carbocycles. The van der Waals surface area contributed by atoms with Crippen LogP contribution in [0, 0.1) is 17.2 Å². The highest BCUT2D eigenvalue weighted by Crippen LogP contribution is 2.33. The SMILES string of the molecule is CCC1CCC(C#N)(NC(=O)c2cn[nH]n2)CC1. The van der Waals surface area contributed by atoms with Crippen molar-refractivity contribution in [2.24, 2.45) is 5.92 Å². The second-order valence-electron chi connectivity index (χ2n) is 4.85. The zero-order valence-electron chi connectivity index (χ0n) is 10.4. The van der Waals surface area contributed by atoms with E-state index in [4.69, 9.17) is 0 Å². The lowest BCUT2D eigenvalue weighted by Gasteiger charge is -2.35. The highest BCUT2D eigenvalue weighted by Gasteiger charge is 2.36. The third kappa shape index (κ3) is 2.50. The Balaban J connectivity index is 2.02. The van der Waals surface area contributed by atoms with E-state index in [-0.39, 0.29) is 11.6 Å². The summed E-state index contributed by atoms with van der Waals surface area (Å²) in [6.07, 6.45) is 5.90. The van der Waals surface area contributed by atoms with E-state index in [1.165, 1.54) is 6.20 Å². The van der Waals surface area contributed by atoms with E-state index in [0.29, 0.717) is 18.8 Å². The third-order valence-corrected chi connectivity index (χ3v) is 3.75. The van der Waals surface area contributed by atoms with Gasteiger partial charge in [0.05, 0.1) is 12.3 Å². The van der Waals surface area contributed by atoms with Gasteiger partial charge in [-0.3, -0.25) is 4.79 Å². The van der Waals surface area contributed by atoms with E-state index < -0.39 is 5.54 Å². The lowest BCUT2D eigenvalue weighted by molar-refractivity contribution is 0.0886. The van der Waals surface area contributed by atoms with Gasteiger partial charge < -0.3 is 5.32 Å². The van der Waals surface area contributed by atoms with Gasteiger partial charge in [-0.2, -0.15) is 20.7 Å². The summed E-state index contributed by atoms with van der Waals surface area (Å²) in [5, 5.41) is 21.8. The van der Waals surface area contributed by atoms with Crippen LogP contribution in [0.5, 0.6) is 0 Å². The van der Waals surface area contributed by atoms with E-state index in [1.807, 2.05) is 0 Å². The van der Waals surface area contributed by atoms with Gasteiger partial charge in [-0.25, -0.2) is 0 Å². The van der Waals surface area contributed by atoms with E-state index in [1.54, 1.807) is 0 Å². The largest absolute Gasteiger partial charge is 0.332 e. The quantitative estimate of drug-likeness (QED) is 0.844. The maximum absolute atomic E-state index is 11.9. The van der Waals surface area contributed by atoms with Gasteiger partial charge in [0, 0.05) is 0 Å². The lowest BCUT2D eigenvalue weighted by atomic mass is 9.76. The Morgan fingerprint density at radius 2 is 2.39 bits per heavy atom. The van der Waals surface area contributed by atoms with Gasteiger partial charge in [0.2, 0.25) is 0 Å². The number of H-pyrrole nitrogens is 1. The number of nitrogens with one attached hydrogen (secondary N) is 2. The predicted molar refractivity (Wildman–Crippen MR) is 64.4 cm³/mol. The van der Waals surface area contributed by atoms with Gasteiger partial charge in [-0.05, 0) is 31.6 Å². The molecule has 1 aliphatic rings. The number of aromatic nitrogens is 3. The predicted octanol–water partition coefficient (Wildman–Crippen LogP) is 1.40. The molecule has 1 aliphatic carbocycles. The lowest BCUT2D eigenvalue weighted by Crippen LogP contribution is -2.49. The highest BCUT2D eigenvalue weighted by molar-refractivity contribution is 5.92. The van der Waals surface area contributed by atoms with Crippen molar-refractivity contribution < 1.29 is 4.79 Å². The van der Waals surface area contributed by atoms with Gasteiger partial charge >= 0.3 is 0 Å². The molecule has 0 aliphatic heterocycles. The molecule has 18 heavy (non-hydrogen) atoms. The molecule has 96 valence electrons. The maximum Gasteiger partial charge on any atom is 0.274 e. The number of hydrogen-bond donors (Lipinski definition) is 2. The Morgan fingerprint density at radius 3 is 2.89 bits per heavy atom. The van der Waals surface area contributed by atoms with Crippen molar-refractivity contribution in [3.63, 3.8) is 0 Å². The Bertz CT molecular complexity index is 440. The topological polar surface area (TPSA) is 94.5 Å². The summed E-state index contributed by atoms with van der Waals surface area (Å²) in [5.74, 6) is 0.343. The number of amides is 1. The van der Waals surface area contributed by atoms with Crippen molar-refractivity contribution in [2.45, 2.75) is 44.6 Å². The summed E-state index contributed by atoms with van der Waals surface area (Å²) in [7, 11) is 0. The van der Waals surface area contributed by atoms with Crippen LogP contribution < -0.4 is 5.32 Å². The number of nitrogens with zero attached hydrogens (tertiary/aromatic N) is 3. The van der Waals surface area contributed by atoms with E-state index in [9.17, 15) is 10.1 Å². The number of aromatic amines is 1. The number of hydrogen-bond acceptors (Lipinski definition) is 4. The van der Waals surface area contributed by atoms with Crippen LogP contribution in [0.2, 0.25) is 0 Å². The molecule has 2 N–H and O–H groups in total. The molecular weight excluding hydrogens is 230 g/mol. The van der Waals surface area contributed by atoms with Crippen LogP contribution in [-0.4, -0.2) is 26.9 Å². The molecule has 1 amide bonds. The van der Waals surface area contributed by atoms with Crippen LogP contribution in [0.15, 0.2) is 6.20 Å². The normalized spacial score (nSPS) is 27.4. The van der Waals surface area contributed by atoms with Crippen molar-refractivity contribution in [3.05, 3.63) is 11.9 Å². The second-order valence-corrected chi connectivity index (χ2v) is 4.85. The summed E-state index contributed by atoms with van der Waals surface area (Å²) in [4.78, 5) is 11.9. The molecule has 0 bridgehead atoms. The van der Waals surface area contributed by atoms with Crippen LogP contribution in [0.25, 0.3) is 0 Å². The van der Waals surface area contributed by atoms with Gasteiger partial charge in [0.15, 0.2) is 5.69 Å². The summed E-state index contributed by atoms with van der Waals surface area (Å²) in [5.41, 5.74) is -0.510. The molecule has 0 atom stereocenters. The molecule has 1 saturated carbocycles. The fourth-order valence-electron chi connectivity index (χ4n) is 2.44. The molecule has 6 heteroatoms. The van der Waals surface area contributed by atoms with Crippen molar-refractivity contribution in [3.8, 4) is 6.07 Å². The average molecular weight is 247 g/mol. The highest BCUT2D eigenvalue weighted by atomic mass is 16.2. The van der Waals surface area contributed by atoms with Gasteiger partial charge in [-0.1, -0.05) is 13.3 Å². The number of rotatable bonds is 3. The van der Waals surface area contributed by atoms with Crippen LogP contribution >= 0.6 is 0 Å². The van der Waals surface area contributed by atoms with Crippen LogP contribution in [-0.2, 0) is 0 Å². The zero-order chi connectivity index (χ0) is 13.0. The first kappa shape index (κ1) is 12.6. The standard InChI is InChI=1S/C12H17N5O/c1-2-9-3-5-12(8-13,6-4-9)15-11(18)10-7-14-17-16-10/h7,9H,2-6H2,1H3,(H,15,18)(H,14,16,17). The molecule has 0 unspecified atom stereocenters. The van der Waals surface area contributed by atoms with Gasteiger partial charge in [-0.15, -0.1) is 0 Å². The van der Waals surface area contributed by atoms with Crippen LogP contribution in [0.4, 0.5) is 0 Å². The first-order valence-corrected chi connectivity index (χ1v) is 6.28. The minimum atomic E-state index is -0.734. The van der Waals surface area contributed by atoms with Crippen molar-refractivity contribution in [1.29, 1.82) is 5.26 Å². The maximum atomic E-state index is 11.9. The summed E-state index contributed by atoms with van der Waals surface area (Å²) in [6, 6.07) is 2.26. The molecule has 6 nitrogen and oxygen atoms in total. The fourth-order valence-corrected chi connectivity index (χ4v) is 2.44. The summed E-state index contributed by atoms with van der Waals surface area (Å²) in [6.45, 7) is 2.16. The summed E-state index contributed by atoms with van der Waals surface area (Å²) < 4.78 is 0. The summed E-state index contributed by atoms with van der Waals surface area (Å²) >= 11 is 0. The van der Waals surface area contributed by atoms with Crippen LogP contribution in [0.1, 0.15) is 49.5 Å². The number of carbonyl (C=O) groups is 1. The molecule has 1 heterocycles. The Kier molecular flexibility index (Phi) is 3.60. The van der Waals surface area contributed by atoms with Crippen molar-refractivity contribution >= 4 is 5.91 Å². The van der Waals surface area contributed by atoms with Gasteiger partial charge in [0.25, 0.3) is 5.91 Å². The second kappa shape index (κ2) is 5.17. The molecule has 0 saturated heterocycles. The smallest absolute Gasteiger partial charge is 0.274 e. The molecule has 0 radical (unpaired) electrons. The number of nitriles is 1. The van der Waals surface area contributed by atoms with Gasteiger partial charge in [0.1, 0.15) is 5.54 Å².